The monoisotopic (exact) mass is 523 g/mol. The number of thiazole rings is 1. The van der Waals surface area contributed by atoms with Gasteiger partial charge in [-0.15, -0.1) is 0 Å². The maximum Gasteiger partial charge on any atom is 0.274 e. The van der Waals surface area contributed by atoms with Crippen molar-refractivity contribution in [2.24, 2.45) is 0 Å². The van der Waals surface area contributed by atoms with Gasteiger partial charge in [-0.1, -0.05) is 65.9 Å². The minimum Gasteiger partial charge on any atom is -0.493 e. The summed E-state index contributed by atoms with van der Waals surface area (Å²) >= 11 is 1.65. The number of hydrogen-bond donors (Lipinski definition) is 3. The van der Waals surface area contributed by atoms with Crippen LogP contribution in [0.25, 0.3) is 27.1 Å². The molecule has 0 aliphatic rings. The highest BCUT2D eigenvalue weighted by molar-refractivity contribution is 7.22. The molecule has 192 valence electrons. The lowest BCUT2D eigenvalue weighted by atomic mass is 10.1. The molecule has 0 saturated carbocycles. The summed E-state index contributed by atoms with van der Waals surface area (Å²) in [7, 11) is 0. The van der Waals surface area contributed by atoms with Gasteiger partial charge in [0.25, 0.3) is 5.91 Å². The third-order valence-corrected chi connectivity index (χ3v) is 7.52. The molecule has 3 N–H and O–H groups in total. The second-order valence-corrected chi connectivity index (χ2v) is 10.2. The zero-order valence-corrected chi connectivity index (χ0v) is 22.1. The molecule has 0 unspecified atom stereocenters. The Bertz CT molecular complexity index is 1580. The first-order valence-electron chi connectivity index (χ1n) is 12.5. The molecule has 0 aliphatic carbocycles. The zero-order valence-electron chi connectivity index (χ0n) is 21.3. The first-order chi connectivity index (χ1) is 18.5. The average molecular weight is 524 g/mol. The lowest BCUT2D eigenvalue weighted by molar-refractivity contribution is 0.0706. The summed E-state index contributed by atoms with van der Waals surface area (Å²) < 4.78 is 7.38. The van der Waals surface area contributed by atoms with Crippen LogP contribution < -0.4 is 15.5 Å². The van der Waals surface area contributed by atoms with Crippen LogP contribution >= 0.6 is 11.3 Å². The third-order valence-electron chi connectivity index (χ3n) is 6.55. The third kappa shape index (κ3) is 5.85. The van der Waals surface area contributed by atoms with Gasteiger partial charge < -0.3 is 10.1 Å². The fraction of sp³-hybridized carbons (Fsp3) is 0.161. The average Bonchev–Trinajstić information content (AvgIpc) is 3.33. The summed E-state index contributed by atoms with van der Waals surface area (Å²) in [5.74, 6) is 0.332. The van der Waals surface area contributed by atoms with Crippen LogP contribution in [0.1, 0.15) is 33.5 Å². The molecule has 7 heteroatoms. The highest BCUT2D eigenvalue weighted by Crippen LogP contribution is 2.29. The zero-order chi connectivity index (χ0) is 26.5. The highest BCUT2D eigenvalue weighted by atomic mass is 32.1. The van der Waals surface area contributed by atoms with Crippen LogP contribution in [-0.4, -0.2) is 29.3 Å². The van der Waals surface area contributed by atoms with Crippen LogP contribution in [0.15, 0.2) is 84.4 Å². The smallest absolute Gasteiger partial charge is 0.274 e. The van der Waals surface area contributed by atoms with E-state index in [9.17, 15) is 4.79 Å². The molecule has 0 atom stereocenters. The number of hydroxylamine groups is 1. The molecule has 4 aromatic carbocycles. The Hall–Kier alpha value is -4.20. The first kappa shape index (κ1) is 25.4. The predicted octanol–water partition coefficient (Wildman–Crippen LogP) is 7.15. The van der Waals surface area contributed by atoms with E-state index in [-0.39, 0.29) is 0 Å². The molecule has 5 aromatic rings. The Morgan fingerprint density at radius 1 is 1.00 bits per heavy atom. The number of anilines is 1. The molecular weight excluding hydrogens is 494 g/mol. The number of amides is 1. The number of ether oxygens (including phenoxy) is 1. The molecule has 0 bridgehead atoms. The summed E-state index contributed by atoms with van der Waals surface area (Å²) in [4.78, 5) is 16.5. The van der Waals surface area contributed by atoms with E-state index in [4.69, 9.17) is 14.9 Å². The molecule has 0 fully saturated rings. The second-order valence-electron chi connectivity index (χ2n) is 9.22. The molecule has 0 spiro atoms. The maximum absolute atomic E-state index is 11.7. The van der Waals surface area contributed by atoms with E-state index in [0.29, 0.717) is 25.1 Å². The minimum atomic E-state index is -0.535. The van der Waals surface area contributed by atoms with Gasteiger partial charge in [0.2, 0.25) is 0 Å². The molecule has 0 saturated heterocycles. The summed E-state index contributed by atoms with van der Waals surface area (Å²) in [5, 5.41) is 15.5. The quantitative estimate of drug-likeness (QED) is 0.141. The van der Waals surface area contributed by atoms with E-state index in [2.05, 4.69) is 55.6 Å². The molecule has 38 heavy (non-hydrogen) atoms. The van der Waals surface area contributed by atoms with Crippen molar-refractivity contribution in [3.63, 3.8) is 0 Å². The van der Waals surface area contributed by atoms with Crippen LogP contribution in [0.5, 0.6) is 5.75 Å². The van der Waals surface area contributed by atoms with E-state index < -0.39 is 5.91 Å². The van der Waals surface area contributed by atoms with Crippen LogP contribution in [0, 0.1) is 13.8 Å². The Kier molecular flexibility index (Phi) is 7.67. The van der Waals surface area contributed by atoms with Crippen molar-refractivity contribution in [1.29, 1.82) is 0 Å². The number of nitrogens with one attached hydrogen (secondary N) is 2. The normalized spacial score (nSPS) is 11.6. The Labute approximate surface area is 225 Å². The molecular formula is C31H29N3O3S. The van der Waals surface area contributed by atoms with Crippen LogP contribution in [0.4, 0.5) is 5.13 Å². The molecule has 1 amide bonds. The highest BCUT2D eigenvalue weighted by Gasteiger charge is 2.09. The predicted molar refractivity (Wildman–Crippen MR) is 155 cm³/mol. The number of aryl methyl sites for hydroxylation is 2. The first-order valence-corrected chi connectivity index (χ1v) is 13.3. The van der Waals surface area contributed by atoms with Crippen molar-refractivity contribution in [2.45, 2.75) is 20.3 Å². The van der Waals surface area contributed by atoms with Crippen molar-refractivity contribution >= 4 is 49.4 Å². The number of fused-ring (bicyclic) bond motifs is 2. The van der Waals surface area contributed by atoms with E-state index in [1.165, 1.54) is 11.1 Å². The summed E-state index contributed by atoms with van der Waals surface area (Å²) in [6.07, 6.45) is 2.81. The number of carbonyl (C=O) groups excluding carboxylic acids is 1. The number of hydrogen-bond acceptors (Lipinski definition) is 6. The van der Waals surface area contributed by atoms with Gasteiger partial charge in [-0.05, 0) is 71.8 Å². The summed E-state index contributed by atoms with van der Waals surface area (Å²) in [6, 6.07) is 25.7. The number of rotatable bonds is 9. The lowest BCUT2D eigenvalue weighted by Crippen LogP contribution is -2.18. The standard InChI is InChI=1S/C31H29N3O3S/c1-20-16-27-29(17-21(20)2)38-31(33-27)32-19-23(18-22-10-12-25(13-11-22)30(35)34-36)14-15-37-28-9-5-7-24-6-3-4-8-26(24)28/h3-13,16-18,36H,14-15,19H2,1-2H3,(H,32,33)(H,34,35)/b23-18+. The molecule has 1 aromatic heterocycles. The van der Waals surface area contributed by atoms with Crippen molar-refractivity contribution in [3.8, 4) is 5.75 Å². The van der Waals surface area contributed by atoms with Gasteiger partial charge >= 0.3 is 0 Å². The van der Waals surface area contributed by atoms with Gasteiger partial charge in [0.15, 0.2) is 5.13 Å². The molecule has 0 aliphatic heterocycles. The van der Waals surface area contributed by atoms with Gasteiger partial charge in [0.05, 0.1) is 16.8 Å². The molecule has 6 nitrogen and oxygen atoms in total. The fourth-order valence-corrected chi connectivity index (χ4v) is 5.24. The second kappa shape index (κ2) is 11.5. The molecule has 0 radical (unpaired) electrons. The van der Waals surface area contributed by atoms with Gasteiger partial charge in [0.1, 0.15) is 5.75 Å². The van der Waals surface area contributed by atoms with E-state index >= 15 is 0 Å². The number of carbonyl (C=O) groups is 1. The summed E-state index contributed by atoms with van der Waals surface area (Å²) in [6.45, 7) is 5.35. The topological polar surface area (TPSA) is 83.5 Å². The largest absolute Gasteiger partial charge is 0.493 e. The Morgan fingerprint density at radius 3 is 2.58 bits per heavy atom. The van der Waals surface area contributed by atoms with Gasteiger partial charge in [-0.2, -0.15) is 0 Å². The number of nitrogens with zero attached hydrogens (tertiary/aromatic N) is 1. The van der Waals surface area contributed by atoms with E-state index in [1.807, 2.05) is 36.4 Å². The van der Waals surface area contributed by atoms with Crippen LogP contribution in [0.3, 0.4) is 0 Å². The van der Waals surface area contributed by atoms with Crippen LogP contribution in [0.2, 0.25) is 0 Å². The number of aromatic nitrogens is 1. The van der Waals surface area contributed by atoms with Crippen molar-refractivity contribution in [2.75, 3.05) is 18.5 Å². The molecule has 1 heterocycles. The Morgan fingerprint density at radius 2 is 1.76 bits per heavy atom. The van der Waals surface area contributed by atoms with Crippen molar-refractivity contribution < 1.29 is 14.7 Å². The number of benzene rings is 4. The van der Waals surface area contributed by atoms with Crippen LogP contribution in [-0.2, 0) is 0 Å². The van der Waals surface area contributed by atoms with Gasteiger partial charge in [-0.25, -0.2) is 10.5 Å². The minimum absolute atomic E-state index is 0.392. The van der Waals surface area contributed by atoms with Crippen molar-refractivity contribution in [1.82, 2.24) is 10.5 Å². The molecule has 5 rings (SSSR count). The lowest BCUT2D eigenvalue weighted by Gasteiger charge is -2.12. The fourth-order valence-electron chi connectivity index (χ4n) is 4.30. The van der Waals surface area contributed by atoms with E-state index in [1.54, 1.807) is 28.9 Å². The Balaban J connectivity index is 1.34. The van der Waals surface area contributed by atoms with E-state index in [0.717, 1.165) is 43.0 Å². The summed E-state index contributed by atoms with van der Waals surface area (Å²) in [5.41, 5.74) is 7.65. The van der Waals surface area contributed by atoms with Gasteiger partial charge in [-0.3, -0.25) is 10.0 Å². The SMILES string of the molecule is Cc1cc2nc(NC/C(=C/c3ccc(C(=O)NO)cc3)CCOc3cccc4ccccc34)sc2cc1C. The van der Waals surface area contributed by atoms with Crippen molar-refractivity contribution in [3.05, 3.63) is 107 Å². The maximum atomic E-state index is 11.7. The van der Waals surface area contributed by atoms with Gasteiger partial charge in [0, 0.05) is 23.9 Å².